The second-order valence-corrected chi connectivity index (χ2v) is 8.88. The fourth-order valence-electron chi connectivity index (χ4n) is 3.75. The van der Waals surface area contributed by atoms with Crippen molar-refractivity contribution in [1.29, 1.82) is 0 Å². The molecule has 2 aromatic heterocycles. The van der Waals surface area contributed by atoms with E-state index in [1.807, 2.05) is 59.5 Å². The van der Waals surface area contributed by atoms with Gasteiger partial charge in [-0.2, -0.15) is 0 Å². The van der Waals surface area contributed by atoms with Gasteiger partial charge in [0.15, 0.2) is 0 Å². The molecule has 1 aliphatic rings. The molecule has 5 rings (SSSR count). The number of amides is 1. The first-order chi connectivity index (χ1) is 14.1. The van der Waals surface area contributed by atoms with Crippen molar-refractivity contribution in [1.82, 2.24) is 9.88 Å². The molecule has 1 aliphatic heterocycles. The Labute approximate surface area is 182 Å². The topological polar surface area (TPSA) is 36.4 Å². The van der Waals surface area contributed by atoms with Crippen LogP contribution in [0.5, 0.6) is 0 Å². The molecule has 0 aliphatic carbocycles. The summed E-state index contributed by atoms with van der Waals surface area (Å²) in [7, 11) is 0. The van der Waals surface area contributed by atoms with Crippen molar-refractivity contribution < 1.29 is 4.79 Å². The lowest BCUT2D eigenvalue weighted by molar-refractivity contribution is 0.0752. The van der Waals surface area contributed by atoms with Crippen LogP contribution in [-0.4, -0.2) is 42.0 Å². The number of piperazine rings is 1. The normalized spacial score (nSPS) is 14.7. The Bertz CT molecular complexity index is 1210. The standard InChI is InChI=1S/C22H17Cl2N3OS/c23-14-5-7-15(8-6-14)26-9-11-27(12-10-26)22(28)19-13-17-20(29-19)16-3-1-2-4-18(16)25-21(17)24/h1-8,13H,9-12H2. The highest BCUT2D eigenvalue weighted by Crippen LogP contribution is 2.36. The number of pyridine rings is 1. The summed E-state index contributed by atoms with van der Waals surface area (Å²) in [5.74, 6) is 0.0575. The highest BCUT2D eigenvalue weighted by Gasteiger charge is 2.24. The first-order valence-electron chi connectivity index (χ1n) is 9.38. The second kappa shape index (κ2) is 7.48. The Balaban J connectivity index is 1.38. The minimum Gasteiger partial charge on any atom is -0.368 e. The highest BCUT2D eigenvalue weighted by atomic mass is 35.5. The largest absolute Gasteiger partial charge is 0.368 e. The zero-order valence-electron chi connectivity index (χ0n) is 15.4. The zero-order chi connectivity index (χ0) is 20.0. The summed E-state index contributed by atoms with van der Waals surface area (Å²) >= 11 is 13.9. The first kappa shape index (κ1) is 18.7. The van der Waals surface area contributed by atoms with Gasteiger partial charge in [0.1, 0.15) is 5.15 Å². The van der Waals surface area contributed by atoms with Gasteiger partial charge in [0.25, 0.3) is 5.91 Å². The number of para-hydroxylation sites is 1. The molecule has 0 N–H and O–H groups in total. The van der Waals surface area contributed by atoms with Crippen LogP contribution in [0.25, 0.3) is 21.0 Å². The van der Waals surface area contributed by atoms with Crippen LogP contribution in [0.15, 0.2) is 54.6 Å². The molecule has 29 heavy (non-hydrogen) atoms. The van der Waals surface area contributed by atoms with E-state index >= 15 is 0 Å². The molecule has 1 saturated heterocycles. The number of nitrogens with zero attached hydrogens (tertiary/aromatic N) is 3. The number of rotatable bonds is 2. The molecule has 0 saturated carbocycles. The Morgan fingerprint density at radius 3 is 2.41 bits per heavy atom. The van der Waals surface area contributed by atoms with Crippen molar-refractivity contribution in [3.63, 3.8) is 0 Å². The van der Waals surface area contributed by atoms with Crippen molar-refractivity contribution in [3.05, 3.63) is 69.7 Å². The highest BCUT2D eigenvalue weighted by molar-refractivity contribution is 7.21. The number of fused-ring (bicyclic) bond motifs is 3. The van der Waals surface area contributed by atoms with Crippen LogP contribution in [-0.2, 0) is 0 Å². The molecular formula is C22H17Cl2N3OS. The number of hydrogen-bond donors (Lipinski definition) is 0. The molecule has 4 aromatic rings. The number of carbonyl (C=O) groups excluding carboxylic acids is 1. The molecule has 0 radical (unpaired) electrons. The SMILES string of the molecule is O=C(c1cc2c(Cl)nc3ccccc3c2s1)N1CCN(c2ccc(Cl)cc2)CC1. The van der Waals surface area contributed by atoms with E-state index in [0.717, 1.165) is 44.8 Å². The van der Waals surface area contributed by atoms with Gasteiger partial charge in [0.2, 0.25) is 0 Å². The zero-order valence-corrected chi connectivity index (χ0v) is 17.8. The van der Waals surface area contributed by atoms with Crippen molar-refractivity contribution in [2.24, 2.45) is 0 Å². The van der Waals surface area contributed by atoms with Crippen molar-refractivity contribution in [2.75, 3.05) is 31.1 Å². The van der Waals surface area contributed by atoms with Gasteiger partial charge in [0.05, 0.1) is 10.4 Å². The van der Waals surface area contributed by atoms with Crippen LogP contribution in [0.2, 0.25) is 10.2 Å². The van der Waals surface area contributed by atoms with E-state index in [2.05, 4.69) is 9.88 Å². The van der Waals surface area contributed by atoms with Crippen LogP contribution in [0.3, 0.4) is 0 Å². The molecule has 1 fully saturated rings. The van der Waals surface area contributed by atoms with Gasteiger partial charge in [0, 0.05) is 52.4 Å². The van der Waals surface area contributed by atoms with Gasteiger partial charge in [-0.1, -0.05) is 41.4 Å². The fourth-order valence-corrected chi connectivity index (χ4v) is 5.34. The molecule has 4 nitrogen and oxygen atoms in total. The van der Waals surface area contributed by atoms with E-state index in [1.54, 1.807) is 0 Å². The molecule has 146 valence electrons. The quantitative estimate of drug-likeness (QED) is 0.373. The third kappa shape index (κ3) is 3.44. The summed E-state index contributed by atoms with van der Waals surface area (Å²) in [4.78, 5) is 22.5. The summed E-state index contributed by atoms with van der Waals surface area (Å²) in [5.41, 5.74) is 1.98. The van der Waals surface area contributed by atoms with Crippen LogP contribution >= 0.6 is 34.5 Å². The maximum atomic E-state index is 13.1. The summed E-state index contributed by atoms with van der Waals surface area (Å²) < 4.78 is 1.02. The third-order valence-corrected chi connectivity index (χ3v) is 6.99. The Hall–Kier alpha value is -2.34. The average molecular weight is 442 g/mol. The third-order valence-electron chi connectivity index (χ3n) is 5.29. The van der Waals surface area contributed by atoms with Gasteiger partial charge in [-0.3, -0.25) is 4.79 Å². The number of anilines is 1. The average Bonchev–Trinajstić information content (AvgIpc) is 3.21. The molecule has 0 unspecified atom stereocenters. The summed E-state index contributed by atoms with van der Waals surface area (Å²) in [5, 5.41) is 3.05. The van der Waals surface area contributed by atoms with Gasteiger partial charge < -0.3 is 9.80 Å². The van der Waals surface area contributed by atoms with Crippen LogP contribution in [0.4, 0.5) is 5.69 Å². The molecule has 0 spiro atoms. The lowest BCUT2D eigenvalue weighted by atomic mass is 10.2. The maximum Gasteiger partial charge on any atom is 0.264 e. The van der Waals surface area contributed by atoms with Gasteiger partial charge in [-0.15, -0.1) is 11.3 Å². The van der Waals surface area contributed by atoms with E-state index in [-0.39, 0.29) is 5.91 Å². The van der Waals surface area contributed by atoms with E-state index in [1.165, 1.54) is 11.3 Å². The Kier molecular flexibility index (Phi) is 4.82. The predicted molar refractivity (Wildman–Crippen MR) is 122 cm³/mol. The van der Waals surface area contributed by atoms with E-state index in [4.69, 9.17) is 23.2 Å². The number of halogens is 2. The smallest absolute Gasteiger partial charge is 0.264 e. The summed E-state index contributed by atoms with van der Waals surface area (Å²) in [6.07, 6.45) is 0. The van der Waals surface area contributed by atoms with E-state index in [0.29, 0.717) is 23.1 Å². The summed E-state index contributed by atoms with van der Waals surface area (Å²) in [6.45, 7) is 2.96. The predicted octanol–water partition coefficient (Wildman–Crippen LogP) is 5.72. The number of hydrogen-bond acceptors (Lipinski definition) is 4. The number of benzene rings is 2. The number of aromatic nitrogens is 1. The minimum atomic E-state index is 0.0575. The Morgan fingerprint density at radius 2 is 1.66 bits per heavy atom. The Morgan fingerprint density at radius 1 is 0.931 bits per heavy atom. The minimum absolute atomic E-state index is 0.0575. The first-order valence-corrected chi connectivity index (χ1v) is 10.9. The number of thiophene rings is 1. The molecule has 1 amide bonds. The van der Waals surface area contributed by atoms with Crippen LogP contribution < -0.4 is 4.90 Å². The molecule has 0 atom stereocenters. The van der Waals surface area contributed by atoms with Crippen molar-refractivity contribution >= 4 is 67.1 Å². The van der Waals surface area contributed by atoms with Crippen molar-refractivity contribution in [2.45, 2.75) is 0 Å². The summed E-state index contributed by atoms with van der Waals surface area (Å²) in [6, 6.07) is 17.6. The van der Waals surface area contributed by atoms with Crippen molar-refractivity contribution in [3.8, 4) is 0 Å². The van der Waals surface area contributed by atoms with Gasteiger partial charge >= 0.3 is 0 Å². The fraction of sp³-hybridized carbons (Fsp3) is 0.182. The van der Waals surface area contributed by atoms with Crippen LogP contribution in [0, 0.1) is 0 Å². The van der Waals surface area contributed by atoms with Gasteiger partial charge in [-0.05, 0) is 36.4 Å². The lowest BCUT2D eigenvalue weighted by Gasteiger charge is -2.36. The molecular weight excluding hydrogens is 425 g/mol. The van der Waals surface area contributed by atoms with Gasteiger partial charge in [-0.25, -0.2) is 4.98 Å². The monoisotopic (exact) mass is 441 g/mol. The maximum absolute atomic E-state index is 13.1. The molecule has 7 heteroatoms. The van der Waals surface area contributed by atoms with E-state index in [9.17, 15) is 4.79 Å². The molecule has 2 aromatic carbocycles. The van der Waals surface area contributed by atoms with E-state index < -0.39 is 0 Å². The lowest BCUT2D eigenvalue weighted by Crippen LogP contribution is -2.48. The molecule has 3 heterocycles. The number of carbonyl (C=O) groups is 1. The second-order valence-electron chi connectivity index (χ2n) is 7.03. The van der Waals surface area contributed by atoms with Crippen LogP contribution in [0.1, 0.15) is 9.67 Å². The molecule has 0 bridgehead atoms.